The van der Waals surface area contributed by atoms with E-state index in [4.69, 9.17) is 4.74 Å². The van der Waals surface area contributed by atoms with Gasteiger partial charge in [0.1, 0.15) is 5.60 Å². The SMILES string of the molecule is CCN1CCC[C@]2(Cc3cc(-c4cscn4)cnc3O2)C1. The van der Waals surface area contributed by atoms with E-state index in [1.165, 1.54) is 18.5 Å². The molecule has 2 aliphatic heterocycles. The van der Waals surface area contributed by atoms with Crippen LogP contribution in [-0.4, -0.2) is 40.1 Å². The Morgan fingerprint density at radius 3 is 3.19 bits per heavy atom. The number of fused-ring (bicyclic) bond motifs is 1. The number of pyridine rings is 1. The van der Waals surface area contributed by atoms with E-state index in [0.29, 0.717) is 0 Å². The fourth-order valence-corrected chi connectivity index (χ4v) is 4.05. The van der Waals surface area contributed by atoms with Crippen molar-refractivity contribution in [2.75, 3.05) is 19.6 Å². The van der Waals surface area contributed by atoms with E-state index in [1.807, 2.05) is 11.7 Å². The maximum atomic E-state index is 6.27. The lowest BCUT2D eigenvalue weighted by atomic mass is 9.88. The highest BCUT2D eigenvalue weighted by molar-refractivity contribution is 7.07. The van der Waals surface area contributed by atoms with E-state index in [0.717, 1.165) is 43.1 Å². The highest BCUT2D eigenvalue weighted by atomic mass is 32.1. The molecule has 110 valence electrons. The first-order chi connectivity index (χ1) is 10.3. The van der Waals surface area contributed by atoms with Crippen LogP contribution >= 0.6 is 11.3 Å². The molecule has 1 saturated heterocycles. The van der Waals surface area contributed by atoms with Crippen molar-refractivity contribution in [2.24, 2.45) is 0 Å². The van der Waals surface area contributed by atoms with E-state index < -0.39 is 0 Å². The van der Waals surface area contributed by atoms with Gasteiger partial charge in [0.2, 0.25) is 5.88 Å². The molecule has 0 saturated carbocycles. The summed E-state index contributed by atoms with van der Waals surface area (Å²) in [4.78, 5) is 11.4. The Hall–Kier alpha value is -1.46. The van der Waals surface area contributed by atoms with Crippen molar-refractivity contribution in [3.63, 3.8) is 0 Å². The minimum atomic E-state index is -0.0513. The summed E-state index contributed by atoms with van der Waals surface area (Å²) in [6.07, 6.45) is 5.20. The van der Waals surface area contributed by atoms with Gasteiger partial charge in [0.05, 0.1) is 11.2 Å². The smallest absolute Gasteiger partial charge is 0.217 e. The van der Waals surface area contributed by atoms with Crippen LogP contribution < -0.4 is 4.74 Å². The summed E-state index contributed by atoms with van der Waals surface area (Å²) in [7, 11) is 0. The zero-order valence-corrected chi connectivity index (χ0v) is 13.0. The number of ether oxygens (including phenoxy) is 1. The third kappa shape index (κ3) is 2.34. The van der Waals surface area contributed by atoms with Crippen LogP contribution in [0.2, 0.25) is 0 Å². The Morgan fingerprint density at radius 2 is 2.38 bits per heavy atom. The van der Waals surface area contributed by atoms with Gasteiger partial charge in [-0.15, -0.1) is 11.3 Å². The molecule has 2 aromatic heterocycles. The van der Waals surface area contributed by atoms with Crippen molar-refractivity contribution in [2.45, 2.75) is 31.8 Å². The van der Waals surface area contributed by atoms with E-state index >= 15 is 0 Å². The van der Waals surface area contributed by atoms with Gasteiger partial charge in [-0.3, -0.25) is 4.90 Å². The van der Waals surface area contributed by atoms with Crippen LogP contribution in [-0.2, 0) is 6.42 Å². The summed E-state index contributed by atoms with van der Waals surface area (Å²) in [5, 5.41) is 2.06. The first-order valence-corrected chi connectivity index (χ1v) is 8.51. The van der Waals surface area contributed by atoms with Gasteiger partial charge in [-0.05, 0) is 32.0 Å². The molecular weight excluding hydrogens is 282 g/mol. The van der Waals surface area contributed by atoms with E-state index in [-0.39, 0.29) is 5.60 Å². The largest absolute Gasteiger partial charge is 0.469 e. The van der Waals surface area contributed by atoms with Crippen LogP contribution in [0.15, 0.2) is 23.2 Å². The average Bonchev–Trinajstić information content (AvgIpc) is 3.13. The maximum absolute atomic E-state index is 6.27. The van der Waals surface area contributed by atoms with Gasteiger partial charge in [0.25, 0.3) is 0 Å². The van der Waals surface area contributed by atoms with Gasteiger partial charge < -0.3 is 4.74 Å². The van der Waals surface area contributed by atoms with Crippen LogP contribution in [0, 0.1) is 0 Å². The number of rotatable bonds is 2. The highest BCUT2D eigenvalue weighted by Gasteiger charge is 2.43. The Balaban J connectivity index is 1.62. The minimum Gasteiger partial charge on any atom is -0.469 e. The molecule has 0 aromatic carbocycles. The van der Waals surface area contributed by atoms with Crippen LogP contribution in [0.4, 0.5) is 0 Å². The molecule has 4 nitrogen and oxygen atoms in total. The molecule has 1 spiro atoms. The maximum Gasteiger partial charge on any atom is 0.217 e. The second-order valence-corrected chi connectivity index (χ2v) is 6.71. The van der Waals surface area contributed by atoms with Crippen molar-refractivity contribution in [1.82, 2.24) is 14.9 Å². The van der Waals surface area contributed by atoms with E-state index in [9.17, 15) is 0 Å². The first kappa shape index (κ1) is 13.2. The Morgan fingerprint density at radius 1 is 1.43 bits per heavy atom. The number of aromatic nitrogens is 2. The lowest BCUT2D eigenvalue weighted by molar-refractivity contribution is 0.00781. The molecular formula is C16H19N3OS. The van der Waals surface area contributed by atoms with Gasteiger partial charge in [0, 0.05) is 35.7 Å². The monoisotopic (exact) mass is 301 g/mol. The number of thiazole rings is 1. The predicted molar refractivity (Wildman–Crippen MR) is 83.8 cm³/mol. The summed E-state index contributed by atoms with van der Waals surface area (Å²) in [6, 6.07) is 2.21. The lowest BCUT2D eigenvalue weighted by Crippen LogP contribution is -2.51. The zero-order valence-electron chi connectivity index (χ0n) is 12.2. The molecule has 1 atom stereocenters. The fraction of sp³-hybridized carbons (Fsp3) is 0.500. The summed E-state index contributed by atoms with van der Waals surface area (Å²) >= 11 is 1.62. The van der Waals surface area contributed by atoms with Crippen molar-refractivity contribution in [3.05, 3.63) is 28.7 Å². The normalized spacial score (nSPS) is 25.0. The summed E-state index contributed by atoms with van der Waals surface area (Å²) < 4.78 is 6.27. The second kappa shape index (κ2) is 5.07. The van der Waals surface area contributed by atoms with Crippen molar-refractivity contribution in [3.8, 4) is 17.1 Å². The van der Waals surface area contributed by atoms with Crippen LogP contribution in [0.3, 0.4) is 0 Å². The van der Waals surface area contributed by atoms with Gasteiger partial charge in [-0.2, -0.15) is 0 Å². The number of nitrogens with zero attached hydrogens (tertiary/aromatic N) is 3. The molecule has 0 aliphatic carbocycles. The Kier molecular flexibility index (Phi) is 3.19. The Labute approximate surface area is 128 Å². The van der Waals surface area contributed by atoms with Gasteiger partial charge in [0.15, 0.2) is 0 Å². The van der Waals surface area contributed by atoms with E-state index in [1.54, 1.807) is 11.3 Å². The third-order valence-corrected chi connectivity index (χ3v) is 5.13. The summed E-state index contributed by atoms with van der Waals surface area (Å²) in [6.45, 7) is 5.53. The second-order valence-electron chi connectivity index (χ2n) is 6.00. The summed E-state index contributed by atoms with van der Waals surface area (Å²) in [5.74, 6) is 0.826. The van der Waals surface area contributed by atoms with Gasteiger partial charge in [-0.25, -0.2) is 9.97 Å². The van der Waals surface area contributed by atoms with Gasteiger partial charge in [-0.1, -0.05) is 6.92 Å². The standard InChI is InChI=1S/C16H19N3OS/c1-2-19-5-3-4-16(10-19)7-12-6-13(8-17-15(12)20-16)14-9-21-11-18-14/h6,8-9,11H,2-5,7,10H2,1H3/t16-/m0/s1. The van der Waals surface area contributed by atoms with Crippen LogP contribution in [0.1, 0.15) is 25.3 Å². The number of likely N-dealkylation sites (N-methyl/N-ethyl adjacent to an activating group) is 1. The first-order valence-electron chi connectivity index (χ1n) is 7.57. The van der Waals surface area contributed by atoms with Crippen LogP contribution in [0.5, 0.6) is 5.88 Å². The molecule has 0 bridgehead atoms. The number of hydrogen-bond donors (Lipinski definition) is 0. The fourth-order valence-electron chi connectivity index (χ4n) is 3.49. The molecule has 1 fully saturated rings. The topological polar surface area (TPSA) is 38.2 Å². The third-order valence-electron chi connectivity index (χ3n) is 4.54. The molecule has 21 heavy (non-hydrogen) atoms. The Bertz CT molecular complexity index is 643. The van der Waals surface area contributed by atoms with Crippen molar-refractivity contribution >= 4 is 11.3 Å². The van der Waals surface area contributed by atoms with Crippen molar-refractivity contribution < 1.29 is 4.74 Å². The number of hydrogen-bond acceptors (Lipinski definition) is 5. The molecule has 0 N–H and O–H groups in total. The number of likely N-dealkylation sites (tertiary alicyclic amines) is 1. The molecule has 0 amide bonds. The summed E-state index contributed by atoms with van der Waals surface area (Å²) in [5.41, 5.74) is 5.15. The van der Waals surface area contributed by atoms with Crippen LogP contribution in [0.25, 0.3) is 11.3 Å². The molecule has 5 heteroatoms. The predicted octanol–water partition coefficient (Wildman–Crippen LogP) is 2.99. The van der Waals surface area contributed by atoms with Crippen molar-refractivity contribution in [1.29, 1.82) is 0 Å². The number of piperidine rings is 1. The molecule has 0 radical (unpaired) electrons. The highest BCUT2D eigenvalue weighted by Crippen LogP contribution is 2.40. The molecule has 2 aliphatic rings. The molecule has 0 unspecified atom stereocenters. The minimum absolute atomic E-state index is 0.0513. The molecule has 2 aromatic rings. The lowest BCUT2D eigenvalue weighted by Gasteiger charge is -2.38. The average molecular weight is 301 g/mol. The van der Waals surface area contributed by atoms with Gasteiger partial charge >= 0.3 is 0 Å². The van der Waals surface area contributed by atoms with E-state index in [2.05, 4.69) is 33.2 Å². The molecule has 4 heterocycles. The quantitative estimate of drug-likeness (QED) is 0.854. The zero-order chi connectivity index (χ0) is 14.3. The molecule has 4 rings (SSSR count).